The molecule has 0 unspecified atom stereocenters. The minimum absolute atomic E-state index is 0.839. The Morgan fingerprint density at radius 1 is 1.08 bits per heavy atom. The van der Waals surface area contributed by atoms with Gasteiger partial charge in [0, 0.05) is 13.2 Å². The molecule has 0 aromatic carbocycles. The van der Waals surface area contributed by atoms with Crippen LogP contribution in [-0.4, -0.2) is 37.7 Å². The van der Waals surface area contributed by atoms with Crippen LogP contribution in [0.25, 0.3) is 0 Å². The van der Waals surface area contributed by atoms with E-state index in [1.807, 2.05) is 6.92 Å². The summed E-state index contributed by atoms with van der Waals surface area (Å²) in [6, 6.07) is 0. The molecule has 0 radical (unpaired) electrons. The van der Waals surface area contributed by atoms with Crippen LogP contribution in [0, 0.1) is 0 Å². The Balaban J connectivity index is 3.26. The first kappa shape index (κ1) is 11.9. The third-order valence-corrected chi connectivity index (χ3v) is 2.03. The Morgan fingerprint density at radius 2 is 1.83 bits per heavy atom. The molecule has 0 atom stereocenters. The van der Waals surface area contributed by atoms with Crippen LogP contribution in [0.15, 0.2) is 0 Å². The quantitative estimate of drug-likeness (QED) is 0.521. The first-order valence-corrected chi connectivity index (χ1v) is 5.15. The molecule has 12 heavy (non-hydrogen) atoms. The highest BCUT2D eigenvalue weighted by Gasteiger charge is 1.99. The van der Waals surface area contributed by atoms with Crippen LogP contribution in [0.1, 0.15) is 33.6 Å². The summed E-state index contributed by atoms with van der Waals surface area (Å²) in [5.41, 5.74) is 0. The zero-order valence-electron chi connectivity index (χ0n) is 8.81. The van der Waals surface area contributed by atoms with Crippen molar-refractivity contribution in [2.75, 3.05) is 32.8 Å². The van der Waals surface area contributed by atoms with Gasteiger partial charge in [0.1, 0.15) is 0 Å². The second kappa shape index (κ2) is 9.01. The molecule has 0 heterocycles. The molecule has 0 spiro atoms. The van der Waals surface area contributed by atoms with Crippen molar-refractivity contribution in [3.8, 4) is 0 Å². The lowest BCUT2D eigenvalue weighted by Crippen LogP contribution is -2.28. The van der Waals surface area contributed by atoms with Gasteiger partial charge in [-0.15, -0.1) is 0 Å². The molecule has 0 saturated heterocycles. The number of unbranched alkanes of at least 4 members (excludes halogenated alkanes) is 1. The molecular formula is C10H23NO. The van der Waals surface area contributed by atoms with Gasteiger partial charge >= 0.3 is 0 Å². The average molecular weight is 173 g/mol. The van der Waals surface area contributed by atoms with Crippen LogP contribution >= 0.6 is 0 Å². The maximum Gasteiger partial charge on any atom is 0.0593 e. The fourth-order valence-electron chi connectivity index (χ4n) is 1.15. The van der Waals surface area contributed by atoms with Crippen LogP contribution in [-0.2, 0) is 4.74 Å². The maximum absolute atomic E-state index is 5.30. The Morgan fingerprint density at radius 3 is 2.33 bits per heavy atom. The monoisotopic (exact) mass is 173 g/mol. The molecule has 0 aromatic heterocycles. The Hall–Kier alpha value is -0.0800. The molecule has 0 amide bonds. The van der Waals surface area contributed by atoms with Gasteiger partial charge in [0.2, 0.25) is 0 Å². The van der Waals surface area contributed by atoms with Crippen LogP contribution in [0.2, 0.25) is 0 Å². The van der Waals surface area contributed by atoms with Crippen molar-refractivity contribution in [3.05, 3.63) is 0 Å². The smallest absolute Gasteiger partial charge is 0.0593 e. The highest BCUT2D eigenvalue weighted by atomic mass is 16.5. The van der Waals surface area contributed by atoms with E-state index in [0.717, 1.165) is 26.3 Å². The van der Waals surface area contributed by atoms with Crippen molar-refractivity contribution in [1.82, 2.24) is 4.90 Å². The van der Waals surface area contributed by atoms with Crippen molar-refractivity contribution in [1.29, 1.82) is 0 Å². The number of hydrogen-bond donors (Lipinski definition) is 0. The van der Waals surface area contributed by atoms with E-state index in [1.165, 1.54) is 19.4 Å². The lowest BCUT2D eigenvalue weighted by molar-refractivity contribution is 0.115. The molecule has 0 aliphatic heterocycles. The third kappa shape index (κ3) is 6.62. The second-order valence-electron chi connectivity index (χ2n) is 2.98. The van der Waals surface area contributed by atoms with Crippen LogP contribution in [0.4, 0.5) is 0 Å². The van der Waals surface area contributed by atoms with Gasteiger partial charge in [0.25, 0.3) is 0 Å². The van der Waals surface area contributed by atoms with E-state index in [0.29, 0.717) is 0 Å². The summed E-state index contributed by atoms with van der Waals surface area (Å²) in [6.07, 6.45) is 2.59. The van der Waals surface area contributed by atoms with Gasteiger partial charge in [-0.25, -0.2) is 0 Å². The largest absolute Gasteiger partial charge is 0.380 e. The minimum atomic E-state index is 0.839. The molecule has 0 saturated carbocycles. The van der Waals surface area contributed by atoms with Crippen LogP contribution < -0.4 is 0 Å². The zero-order chi connectivity index (χ0) is 9.23. The molecule has 0 aliphatic carbocycles. The van der Waals surface area contributed by atoms with Gasteiger partial charge in [-0.1, -0.05) is 20.3 Å². The van der Waals surface area contributed by atoms with Gasteiger partial charge < -0.3 is 9.64 Å². The number of nitrogens with zero attached hydrogens (tertiary/aromatic N) is 1. The van der Waals surface area contributed by atoms with Crippen molar-refractivity contribution >= 4 is 0 Å². The Bertz CT molecular complexity index is 85.9. The van der Waals surface area contributed by atoms with Crippen molar-refractivity contribution in [2.24, 2.45) is 0 Å². The normalized spacial score (nSPS) is 11.0. The molecule has 2 heteroatoms. The van der Waals surface area contributed by atoms with Crippen molar-refractivity contribution in [3.63, 3.8) is 0 Å². The molecule has 0 aliphatic rings. The SMILES string of the molecule is CCCCN(CC)CCOCC. The summed E-state index contributed by atoms with van der Waals surface area (Å²) < 4.78 is 5.30. The predicted molar refractivity (Wildman–Crippen MR) is 53.5 cm³/mol. The maximum atomic E-state index is 5.30. The van der Waals surface area contributed by atoms with E-state index in [9.17, 15) is 0 Å². The molecule has 74 valence electrons. The Labute approximate surface area is 76.9 Å². The van der Waals surface area contributed by atoms with Crippen molar-refractivity contribution < 1.29 is 4.74 Å². The second-order valence-corrected chi connectivity index (χ2v) is 2.98. The molecule has 0 fully saturated rings. The molecular weight excluding hydrogens is 150 g/mol. The summed E-state index contributed by atoms with van der Waals surface area (Å²) in [5.74, 6) is 0. The number of likely N-dealkylation sites (N-methyl/N-ethyl adjacent to an activating group) is 1. The van der Waals surface area contributed by atoms with E-state index < -0.39 is 0 Å². The molecule has 0 rings (SSSR count). The average Bonchev–Trinajstić information content (AvgIpc) is 2.11. The van der Waals surface area contributed by atoms with Crippen LogP contribution in [0.3, 0.4) is 0 Å². The van der Waals surface area contributed by atoms with E-state index in [1.54, 1.807) is 0 Å². The fourth-order valence-corrected chi connectivity index (χ4v) is 1.15. The standard InChI is InChI=1S/C10H23NO/c1-4-7-8-11(5-2)9-10-12-6-3/h4-10H2,1-3H3. The lowest BCUT2D eigenvalue weighted by Gasteiger charge is -2.19. The zero-order valence-corrected chi connectivity index (χ0v) is 8.81. The van der Waals surface area contributed by atoms with Gasteiger partial charge in [-0.3, -0.25) is 0 Å². The number of hydrogen-bond acceptors (Lipinski definition) is 2. The topological polar surface area (TPSA) is 12.5 Å². The Kier molecular flexibility index (Phi) is 8.95. The third-order valence-electron chi connectivity index (χ3n) is 2.03. The van der Waals surface area contributed by atoms with E-state index in [2.05, 4.69) is 18.7 Å². The first-order valence-electron chi connectivity index (χ1n) is 5.15. The summed E-state index contributed by atoms with van der Waals surface area (Å²) >= 11 is 0. The van der Waals surface area contributed by atoms with Crippen LogP contribution in [0.5, 0.6) is 0 Å². The molecule has 0 bridgehead atoms. The number of rotatable bonds is 8. The summed E-state index contributed by atoms with van der Waals surface area (Å²) in [5, 5.41) is 0. The highest BCUT2D eigenvalue weighted by Crippen LogP contribution is 1.94. The summed E-state index contributed by atoms with van der Waals surface area (Å²) in [7, 11) is 0. The summed E-state index contributed by atoms with van der Waals surface area (Å²) in [6.45, 7) is 11.7. The minimum Gasteiger partial charge on any atom is -0.380 e. The van der Waals surface area contributed by atoms with Gasteiger partial charge in [-0.2, -0.15) is 0 Å². The lowest BCUT2D eigenvalue weighted by atomic mass is 10.3. The van der Waals surface area contributed by atoms with E-state index in [-0.39, 0.29) is 0 Å². The fraction of sp³-hybridized carbons (Fsp3) is 1.00. The number of ether oxygens (including phenoxy) is 1. The first-order chi connectivity index (χ1) is 5.85. The van der Waals surface area contributed by atoms with Gasteiger partial charge in [-0.05, 0) is 26.4 Å². The molecule has 0 N–H and O–H groups in total. The van der Waals surface area contributed by atoms with Gasteiger partial charge in [0.05, 0.1) is 6.61 Å². The van der Waals surface area contributed by atoms with Crippen molar-refractivity contribution in [2.45, 2.75) is 33.6 Å². The molecule has 2 nitrogen and oxygen atoms in total. The van der Waals surface area contributed by atoms with Gasteiger partial charge in [0.15, 0.2) is 0 Å². The van der Waals surface area contributed by atoms with E-state index in [4.69, 9.17) is 4.74 Å². The predicted octanol–water partition coefficient (Wildman–Crippen LogP) is 2.14. The molecule has 0 aromatic rings. The summed E-state index contributed by atoms with van der Waals surface area (Å²) in [4.78, 5) is 2.44. The van der Waals surface area contributed by atoms with E-state index >= 15 is 0 Å². The highest BCUT2D eigenvalue weighted by molar-refractivity contribution is 4.53.